The van der Waals surface area contributed by atoms with Gasteiger partial charge in [0.2, 0.25) is 0 Å². The fraction of sp³-hybridized carbons (Fsp3) is 0.600. The van der Waals surface area contributed by atoms with Gasteiger partial charge >= 0.3 is 6.09 Å². The maximum Gasteiger partial charge on any atom is 0.409 e. The highest BCUT2D eigenvalue weighted by Gasteiger charge is 2.09. The zero-order valence-corrected chi connectivity index (χ0v) is 9.64. The van der Waals surface area contributed by atoms with Gasteiger partial charge in [0.15, 0.2) is 0 Å². The summed E-state index contributed by atoms with van der Waals surface area (Å²) in [5, 5.41) is 10.7. The van der Waals surface area contributed by atoms with E-state index in [0.29, 0.717) is 0 Å². The van der Waals surface area contributed by atoms with E-state index in [4.69, 9.17) is 17.3 Å². The number of carboxylic acid groups (broad SMARTS) is 1. The van der Waals surface area contributed by atoms with Crippen LogP contribution in [0, 0.1) is 0 Å². The van der Waals surface area contributed by atoms with Crippen LogP contribution in [-0.4, -0.2) is 34.2 Å². The number of likely N-dealkylation sites (tertiary alicyclic amines) is 1. The quantitative estimate of drug-likeness (QED) is 0.560. The van der Waals surface area contributed by atoms with Crippen molar-refractivity contribution in [1.29, 1.82) is 0 Å². The second-order valence-corrected chi connectivity index (χ2v) is 4.08. The Hall–Kier alpha value is -1.10. The van der Waals surface area contributed by atoms with Crippen molar-refractivity contribution in [3.8, 4) is 0 Å². The number of piperidine rings is 1. The number of hydrogen-bond donors (Lipinski definition) is 2. The van der Waals surface area contributed by atoms with Crippen LogP contribution in [-0.2, 0) is 0 Å². The van der Waals surface area contributed by atoms with E-state index in [2.05, 4.69) is 10.2 Å². The molecule has 0 aromatic rings. The average Bonchev–Trinajstić information content (AvgIpc) is 2.18. The Morgan fingerprint density at radius 1 is 1.40 bits per heavy atom. The van der Waals surface area contributed by atoms with Crippen LogP contribution in [0.3, 0.4) is 0 Å². The first-order chi connectivity index (χ1) is 7.09. The van der Waals surface area contributed by atoms with Crippen molar-refractivity contribution < 1.29 is 9.90 Å². The summed E-state index contributed by atoms with van der Waals surface area (Å²) in [6.45, 7) is 3.90. The second kappa shape index (κ2) is 5.70. The smallest absolute Gasteiger partial charge is 0.409 e. The molecule has 0 bridgehead atoms. The van der Waals surface area contributed by atoms with E-state index in [1.54, 1.807) is 0 Å². The van der Waals surface area contributed by atoms with E-state index in [-0.39, 0.29) is 4.99 Å². The lowest BCUT2D eigenvalue weighted by Gasteiger charge is -2.25. The first-order valence-corrected chi connectivity index (χ1v) is 5.47. The van der Waals surface area contributed by atoms with Gasteiger partial charge in [-0.1, -0.05) is 12.2 Å². The summed E-state index contributed by atoms with van der Waals surface area (Å²) in [4.78, 5) is 12.8. The molecule has 0 unspecified atom stereocenters. The van der Waals surface area contributed by atoms with Crippen molar-refractivity contribution in [2.45, 2.75) is 26.2 Å². The van der Waals surface area contributed by atoms with Gasteiger partial charge < -0.3 is 10.0 Å². The predicted octanol–water partition coefficient (Wildman–Crippen LogP) is 1.97. The highest BCUT2D eigenvalue weighted by Crippen LogP contribution is 2.10. The van der Waals surface area contributed by atoms with Crippen LogP contribution in [0.5, 0.6) is 0 Å². The van der Waals surface area contributed by atoms with Crippen molar-refractivity contribution in [2.75, 3.05) is 13.1 Å². The maximum absolute atomic E-state index is 10.4. The van der Waals surface area contributed by atoms with Crippen molar-refractivity contribution in [1.82, 2.24) is 10.2 Å². The summed E-state index contributed by atoms with van der Waals surface area (Å²) < 4.78 is 0. The molecular weight excluding hydrogens is 212 g/mol. The minimum absolute atomic E-state index is 0.285. The zero-order valence-electron chi connectivity index (χ0n) is 8.82. The molecule has 2 N–H and O–H groups in total. The summed E-state index contributed by atoms with van der Waals surface area (Å²) in [5.41, 5.74) is 0.800. The monoisotopic (exact) mass is 228 g/mol. The number of nitrogens with zero attached hydrogens (tertiary/aromatic N) is 1. The largest absolute Gasteiger partial charge is 0.465 e. The highest BCUT2D eigenvalue weighted by atomic mass is 32.1. The molecule has 15 heavy (non-hydrogen) atoms. The lowest BCUT2D eigenvalue weighted by Crippen LogP contribution is -2.30. The van der Waals surface area contributed by atoms with E-state index >= 15 is 0 Å². The molecule has 1 amide bonds. The number of hydrogen-bond acceptors (Lipinski definition) is 3. The summed E-state index contributed by atoms with van der Waals surface area (Å²) >= 11 is 4.93. The van der Waals surface area contributed by atoms with Gasteiger partial charge in [0.25, 0.3) is 0 Å². The molecule has 1 heterocycles. The fourth-order valence-corrected chi connectivity index (χ4v) is 1.72. The first kappa shape index (κ1) is 12.0. The molecule has 1 saturated heterocycles. The Morgan fingerprint density at radius 3 is 2.53 bits per heavy atom. The van der Waals surface area contributed by atoms with E-state index in [1.807, 2.05) is 13.1 Å². The molecule has 0 radical (unpaired) electrons. The molecule has 4 nitrogen and oxygen atoms in total. The standard InChI is InChI=1S/C10H16N2O2S/c1-8(9(15)11-10(13)14)7-12-5-3-2-4-6-12/h7H,2-6H2,1H3,(H,11,15)(H,13,14). The Morgan fingerprint density at radius 2 is 2.00 bits per heavy atom. The minimum atomic E-state index is -1.11. The number of thiocarbonyl (C=S) groups is 1. The Balaban J connectivity index is 2.49. The van der Waals surface area contributed by atoms with Crippen molar-refractivity contribution in [2.24, 2.45) is 0 Å². The molecule has 0 aromatic carbocycles. The summed E-state index contributed by atoms with van der Waals surface area (Å²) in [5.74, 6) is 0. The van der Waals surface area contributed by atoms with Crippen LogP contribution in [0.2, 0.25) is 0 Å². The molecule has 0 atom stereocenters. The zero-order chi connectivity index (χ0) is 11.3. The molecule has 0 aliphatic carbocycles. The number of nitrogens with one attached hydrogen (secondary N) is 1. The lowest BCUT2D eigenvalue weighted by molar-refractivity contribution is 0.200. The molecule has 1 rings (SSSR count). The van der Waals surface area contributed by atoms with Gasteiger partial charge in [-0.05, 0) is 31.8 Å². The molecule has 0 aromatic heterocycles. The highest BCUT2D eigenvalue weighted by molar-refractivity contribution is 7.80. The molecule has 84 valence electrons. The summed E-state index contributed by atoms with van der Waals surface area (Å²) in [6, 6.07) is 0. The predicted molar refractivity (Wildman–Crippen MR) is 62.9 cm³/mol. The summed E-state index contributed by atoms with van der Waals surface area (Å²) in [7, 11) is 0. The van der Waals surface area contributed by atoms with Crippen molar-refractivity contribution in [3.63, 3.8) is 0 Å². The van der Waals surface area contributed by atoms with E-state index in [0.717, 1.165) is 18.7 Å². The van der Waals surface area contributed by atoms with Crippen LogP contribution in [0.25, 0.3) is 0 Å². The molecule has 1 fully saturated rings. The molecule has 1 aliphatic heterocycles. The van der Waals surface area contributed by atoms with Crippen LogP contribution < -0.4 is 5.32 Å². The van der Waals surface area contributed by atoms with E-state index in [1.165, 1.54) is 19.3 Å². The molecule has 0 saturated carbocycles. The van der Waals surface area contributed by atoms with Crippen LogP contribution in [0.4, 0.5) is 4.79 Å². The fourth-order valence-electron chi connectivity index (χ4n) is 1.58. The second-order valence-electron chi connectivity index (χ2n) is 3.67. The van der Waals surface area contributed by atoms with Crippen LogP contribution in [0.1, 0.15) is 26.2 Å². The third-order valence-electron chi connectivity index (χ3n) is 2.35. The Labute approximate surface area is 95.0 Å². The summed E-state index contributed by atoms with van der Waals surface area (Å²) in [6.07, 6.45) is 4.51. The third kappa shape index (κ3) is 4.29. The molecule has 0 spiro atoms. The molecule has 1 aliphatic rings. The number of amides is 1. The van der Waals surface area contributed by atoms with Gasteiger partial charge in [0.05, 0.1) is 0 Å². The van der Waals surface area contributed by atoms with Gasteiger partial charge in [0.1, 0.15) is 4.99 Å². The maximum atomic E-state index is 10.4. The van der Waals surface area contributed by atoms with Gasteiger partial charge in [0, 0.05) is 19.3 Å². The minimum Gasteiger partial charge on any atom is -0.465 e. The van der Waals surface area contributed by atoms with E-state index in [9.17, 15) is 4.79 Å². The SMILES string of the molecule is CC(=CN1CCCCC1)C(=S)NC(=O)O. The van der Waals surface area contributed by atoms with Gasteiger partial charge in [-0.3, -0.25) is 5.32 Å². The normalized spacial score (nSPS) is 17.4. The Kier molecular flexibility index (Phi) is 4.55. The van der Waals surface area contributed by atoms with Crippen molar-refractivity contribution in [3.05, 3.63) is 11.8 Å². The number of rotatable bonds is 2. The average molecular weight is 228 g/mol. The number of carbonyl (C=O) groups is 1. The van der Waals surface area contributed by atoms with Gasteiger partial charge in [-0.15, -0.1) is 0 Å². The molecular formula is C10H16N2O2S. The first-order valence-electron chi connectivity index (χ1n) is 5.06. The molecule has 5 heteroatoms. The van der Waals surface area contributed by atoms with Crippen LogP contribution >= 0.6 is 12.2 Å². The third-order valence-corrected chi connectivity index (χ3v) is 2.77. The Bertz CT molecular complexity index is 283. The van der Waals surface area contributed by atoms with Crippen molar-refractivity contribution >= 4 is 23.3 Å². The topological polar surface area (TPSA) is 52.6 Å². The van der Waals surface area contributed by atoms with Crippen LogP contribution in [0.15, 0.2) is 11.8 Å². The van der Waals surface area contributed by atoms with Gasteiger partial charge in [-0.2, -0.15) is 0 Å². The van der Waals surface area contributed by atoms with Gasteiger partial charge in [-0.25, -0.2) is 4.79 Å². The van der Waals surface area contributed by atoms with E-state index < -0.39 is 6.09 Å². The lowest BCUT2D eigenvalue weighted by atomic mass is 10.1.